The van der Waals surface area contributed by atoms with E-state index in [4.69, 9.17) is 11.6 Å². The van der Waals surface area contributed by atoms with Gasteiger partial charge in [0.1, 0.15) is 0 Å². The number of rotatable bonds is 2. The third kappa shape index (κ3) is 2.02. The molecule has 0 spiro atoms. The highest BCUT2D eigenvalue weighted by atomic mass is 35.5. The highest BCUT2D eigenvalue weighted by Crippen LogP contribution is 2.38. The van der Waals surface area contributed by atoms with E-state index in [1.165, 1.54) is 0 Å². The molecular formula is C9H15ClNP. The molecule has 1 aromatic heterocycles. The largest absolute Gasteiger partial charge is 0.353 e. The van der Waals surface area contributed by atoms with E-state index in [2.05, 4.69) is 33.7 Å². The Hall–Kier alpha value is -0.000000000000000111. The molecule has 1 aromatic rings. The summed E-state index contributed by atoms with van der Waals surface area (Å²) in [6, 6.07) is 4.07. The summed E-state index contributed by atoms with van der Waals surface area (Å²) in [7, 11) is 4.79. The van der Waals surface area contributed by atoms with Crippen LogP contribution >= 0.6 is 20.8 Å². The standard InChI is InChI=1S/C9H15ClNP/c1-9(2,12)8(10)7-5-4-6-11(7)3/h4-6,8H,12H2,1-3H3. The van der Waals surface area contributed by atoms with E-state index < -0.39 is 0 Å². The van der Waals surface area contributed by atoms with Crippen molar-refractivity contribution in [2.24, 2.45) is 7.05 Å². The average molecular weight is 204 g/mol. The third-order valence-corrected chi connectivity index (χ3v) is 3.23. The maximum absolute atomic E-state index is 6.29. The molecule has 1 nitrogen and oxygen atoms in total. The lowest BCUT2D eigenvalue weighted by Gasteiger charge is -2.25. The predicted molar refractivity (Wildman–Crippen MR) is 57.8 cm³/mol. The molecule has 0 saturated heterocycles. The van der Waals surface area contributed by atoms with Crippen molar-refractivity contribution >= 4 is 20.8 Å². The number of nitrogens with zero attached hydrogens (tertiary/aromatic N) is 1. The van der Waals surface area contributed by atoms with Crippen molar-refractivity contribution in [2.75, 3.05) is 0 Å². The molecule has 2 unspecified atom stereocenters. The van der Waals surface area contributed by atoms with Gasteiger partial charge in [0.25, 0.3) is 0 Å². The number of hydrogen-bond acceptors (Lipinski definition) is 0. The minimum absolute atomic E-state index is 0.0354. The van der Waals surface area contributed by atoms with Crippen molar-refractivity contribution in [3.63, 3.8) is 0 Å². The first-order valence-electron chi connectivity index (χ1n) is 3.97. The summed E-state index contributed by atoms with van der Waals surface area (Å²) < 4.78 is 2.06. The Bertz CT molecular complexity index is 262. The second-order valence-corrected chi connectivity index (χ2v) is 5.65. The Kier molecular flexibility index (Phi) is 2.85. The topological polar surface area (TPSA) is 4.93 Å². The zero-order valence-corrected chi connectivity index (χ0v) is 9.62. The first kappa shape index (κ1) is 10.1. The van der Waals surface area contributed by atoms with Crippen LogP contribution in [-0.4, -0.2) is 9.72 Å². The Morgan fingerprint density at radius 1 is 1.58 bits per heavy atom. The Labute approximate surface area is 81.3 Å². The average Bonchev–Trinajstić information content (AvgIpc) is 2.31. The second-order valence-electron chi connectivity index (χ2n) is 3.73. The van der Waals surface area contributed by atoms with Crippen molar-refractivity contribution in [2.45, 2.75) is 24.4 Å². The normalized spacial score (nSPS) is 14.8. The van der Waals surface area contributed by atoms with E-state index >= 15 is 0 Å². The van der Waals surface area contributed by atoms with Gasteiger partial charge in [-0.15, -0.1) is 20.8 Å². The Morgan fingerprint density at radius 2 is 2.17 bits per heavy atom. The smallest absolute Gasteiger partial charge is 0.0822 e. The van der Waals surface area contributed by atoms with E-state index in [0.29, 0.717) is 0 Å². The summed E-state index contributed by atoms with van der Waals surface area (Å²) in [6.07, 6.45) is 2.02. The number of halogens is 1. The molecule has 0 fully saturated rings. The van der Waals surface area contributed by atoms with Crippen LogP contribution in [0.5, 0.6) is 0 Å². The van der Waals surface area contributed by atoms with E-state index in [-0.39, 0.29) is 10.5 Å². The van der Waals surface area contributed by atoms with Gasteiger partial charge in [0.05, 0.1) is 5.38 Å². The molecule has 12 heavy (non-hydrogen) atoms. The molecule has 68 valence electrons. The lowest BCUT2D eigenvalue weighted by molar-refractivity contribution is 0.643. The lowest BCUT2D eigenvalue weighted by atomic mass is 10.1. The summed E-state index contributed by atoms with van der Waals surface area (Å²) in [5, 5.41) is 0.0794. The van der Waals surface area contributed by atoms with Crippen LogP contribution in [0.15, 0.2) is 18.3 Å². The van der Waals surface area contributed by atoms with Crippen LogP contribution in [0, 0.1) is 0 Å². The Morgan fingerprint density at radius 3 is 2.50 bits per heavy atom. The highest BCUT2D eigenvalue weighted by molar-refractivity contribution is 7.19. The number of aromatic nitrogens is 1. The first-order valence-corrected chi connectivity index (χ1v) is 4.98. The van der Waals surface area contributed by atoms with Crippen LogP contribution in [0.25, 0.3) is 0 Å². The molecule has 0 bridgehead atoms. The third-order valence-electron chi connectivity index (χ3n) is 1.90. The van der Waals surface area contributed by atoms with Crippen molar-refractivity contribution in [1.29, 1.82) is 0 Å². The summed E-state index contributed by atoms with van der Waals surface area (Å²) >= 11 is 6.29. The molecule has 2 atom stereocenters. The molecule has 0 aliphatic rings. The maximum atomic E-state index is 6.29. The van der Waals surface area contributed by atoms with Gasteiger partial charge in [0.15, 0.2) is 0 Å². The fourth-order valence-corrected chi connectivity index (χ4v) is 1.52. The van der Waals surface area contributed by atoms with Gasteiger partial charge >= 0.3 is 0 Å². The Balaban J connectivity index is 2.92. The molecule has 0 aliphatic carbocycles. The molecule has 0 radical (unpaired) electrons. The van der Waals surface area contributed by atoms with Gasteiger partial charge in [0.2, 0.25) is 0 Å². The van der Waals surface area contributed by atoms with Crippen molar-refractivity contribution in [3.8, 4) is 0 Å². The number of aryl methyl sites for hydroxylation is 1. The van der Waals surface area contributed by atoms with Gasteiger partial charge in [-0.2, -0.15) is 0 Å². The predicted octanol–water partition coefficient (Wildman–Crippen LogP) is 2.96. The minimum atomic E-state index is 0.0354. The molecule has 0 amide bonds. The van der Waals surface area contributed by atoms with E-state index in [1.807, 2.05) is 19.3 Å². The van der Waals surface area contributed by atoms with Crippen LogP contribution in [0.4, 0.5) is 0 Å². The quantitative estimate of drug-likeness (QED) is 0.515. The van der Waals surface area contributed by atoms with Gasteiger partial charge in [-0.1, -0.05) is 13.8 Å². The fourth-order valence-electron chi connectivity index (χ4n) is 1.12. The van der Waals surface area contributed by atoms with Crippen LogP contribution in [0.2, 0.25) is 0 Å². The maximum Gasteiger partial charge on any atom is 0.0822 e. The summed E-state index contributed by atoms with van der Waals surface area (Å²) in [5.74, 6) is 0. The van der Waals surface area contributed by atoms with Gasteiger partial charge in [-0.25, -0.2) is 0 Å². The molecule has 0 aliphatic heterocycles. The van der Waals surface area contributed by atoms with Crippen LogP contribution < -0.4 is 0 Å². The monoisotopic (exact) mass is 203 g/mol. The molecule has 0 N–H and O–H groups in total. The van der Waals surface area contributed by atoms with Gasteiger partial charge in [-0.3, -0.25) is 0 Å². The minimum Gasteiger partial charge on any atom is -0.353 e. The number of hydrogen-bond donors (Lipinski definition) is 0. The van der Waals surface area contributed by atoms with Crippen molar-refractivity contribution < 1.29 is 0 Å². The SMILES string of the molecule is Cn1cccc1C(Cl)C(C)(C)P. The molecule has 1 rings (SSSR count). The van der Waals surface area contributed by atoms with E-state index in [0.717, 1.165) is 5.69 Å². The molecule has 0 saturated carbocycles. The van der Waals surface area contributed by atoms with Gasteiger partial charge < -0.3 is 4.57 Å². The lowest BCUT2D eigenvalue weighted by Crippen LogP contribution is -2.19. The van der Waals surface area contributed by atoms with E-state index in [1.54, 1.807) is 0 Å². The van der Waals surface area contributed by atoms with Gasteiger partial charge in [-0.05, 0) is 12.1 Å². The summed E-state index contributed by atoms with van der Waals surface area (Å²) in [4.78, 5) is 0. The summed E-state index contributed by atoms with van der Waals surface area (Å²) in [6.45, 7) is 4.23. The van der Waals surface area contributed by atoms with Crippen molar-refractivity contribution in [3.05, 3.63) is 24.0 Å². The zero-order chi connectivity index (χ0) is 9.35. The zero-order valence-electron chi connectivity index (χ0n) is 7.71. The second kappa shape index (κ2) is 3.40. The molecular weight excluding hydrogens is 189 g/mol. The van der Waals surface area contributed by atoms with E-state index in [9.17, 15) is 0 Å². The molecule has 3 heteroatoms. The van der Waals surface area contributed by atoms with Crippen molar-refractivity contribution in [1.82, 2.24) is 4.57 Å². The van der Waals surface area contributed by atoms with Crippen LogP contribution in [0.1, 0.15) is 24.9 Å². The van der Waals surface area contributed by atoms with Crippen LogP contribution in [-0.2, 0) is 7.05 Å². The first-order chi connectivity index (χ1) is 5.43. The fraction of sp³-hybridized carbons (Fsp3) is 0.556. The highest BCUT2D eigenvalue weighted by Gasteiger charge is 2.25. The van der Waals surface area contributed by atoms with Crippen LogP contribution in [0.3, 0.4) is 0 Å². The summed E-state index contributed by atoms with van der Waals surface area (Å²) in [5.41, 5.74) is 1.16. The van der Waals surface area contributed by atoms with Gasteiger partial charge in [0, 0.05) is 24.1 Å². The molecule has 1 heterocycles. The molecule has 0 aromatic carbocycles. The number of alkyl halides is 1.